The molecule has 2 heterocycles. The predicted octanol–water partition coefficient (Wildman–Crippen LogP) is 2.71. The first kappa shape index (κ1) is 14.9. The molecule has 24 heavy (non-hydrogen) atoms. The second kappa shape index (κ2) is 5.48. The van der Waals surface area contributed by atoms with Crippen LogP contribution in [0.3, 0.4) is 0 Å². The summed E-state index contributed by atoms with van der Waals surface area (Å²) in [6.45, 7) is 2.97. The molecule has 0 aromatic heterocycles. The van der Waals surface area contributed by atoms with E-state index in [0.29, 0.717) is 13.1 Å². The molecular weight excluding hydrogens is 300 g/mol. The van der Waals surface area contributed by atoms with Crippen LogP contribution >= 0.6 is 0 Å². The molecule has 0 aliphatic carbocycles. The number of fused-ring (bicyclic) bond motifs is 3. The molecule has 2 amide bonds. The molecule has 0 bridgehead atoms. The minimum absolute atomic E-state index is 0.0483. The van der Waals surface area contributed by atoms with E-state index in [1.165, 1.54) is 4.90 Å². The van der Waals surface area contributed by atoms with Crippen molar-refractivity contribution >= 4 is 17.5 Å². The highest BCUT2D eigenvalue weighted by Crippen LogP contribution is 2.44. The van der Waals surface area contributed by atoms with Gasteiger partial charge in [0.1, 0.15) is 0 Å². The molecule has 0 radical (unpaired) electrons. The van der Waals surface area contributed by atoms with Crippen molar-refractivity contribution in [2.75, 3.05) is 18.5 Å². The van der Waals surface area contributed by atoms with Crippen molar-refractivity contribution in [3.8, 4) is 0 Å². The second-order valence-electron chi connectivity index (χ2n) is 6.78. The molecule has 4 heteroatoms. The average Bonchev–Trinajstić information content (AvgIpc) is 2.80. The van der Waals surface area contributed by atoms with Crippen LogP contribution in [-0.4, -0.2) is 30.3 Å². The zero-order chi connectivity index (χ0) is 16.8. The zero-order valence-electron chi connectivity index (χ0n) is 13.9. The first-order chi connectivity index (χ1) is 11.6. The number of aryl methyl sites for hydroxylation is 1. The molecule has 0 unspecified atom stereocenters. The van der Waals surface area contributed by atoms with Crippen LogP contribution in [0.15, 0.2) is 48.5 Å². The number of amides is 2. The summed E-state index contributed by atoms with van der Waals surface area (Å²) in [7, 11) is 1.99. The van der Waals surface area contributed by atoms with Crippen LogP contribution in [-0.2, 0) is 16.1 Å². The maximum absolute atomic E-state index is 13.0. The largest absolute Gasteiger partial charge is 0.374 e. The Morgan fingerprint density at radius 1 is 1.04 bits per heavy atom. The van der Waals surface area contributed by atoms with E-state index in [2.05, 4.69) is 23.1 Å². The summed E-state index contributed by atoms with van der Waals surface area (Å²) in [6.07, 6.45) is 0. The lowest BCUT2D eigenvalue weighted by Crippen LogP contribution is -2.37. The molecule has 2 aromatic carbocycles. The van der Waals surface area contributed by atoms with E-state index >= 15 is 0 Å². The predicted molar refractivity (Wildman–Crippen MR) is 92.7 cm³/mol. The monoisotopic (exact) mass is 320 g/mol. The number of hydrogen-bond acceptors (Lipinski definition) is 3. The first-order valence-corrected chi connectivity index (χ1v) is 8.27. The van der Waals surface area contributed by atoms with E-state index in [1.54, 1.807) is 0 Å². The Morgan fingerprint density at radius 3 is 2.54 bits per heavy atom. The Kier molecular flexibility index (Phi) is 3.41. The molecule has 2 aliphatic rings. The molecule has 2 atom stereocenters. The van der Waals surface area contributed by atoms with E-state index in [9.17, 15) is 9.59 Å². The van der Waals surface area contributed by atoms with E-state index in [1.807, 2.05) is 44.3 Å². The van der Waals surface area contributed by atoms with Crippen molar-refractivity contribution < 1.29 is 9.59 Å². The molecule has 1 fully saturated rings. The van der Waals surface area contributed by atoms with Gasteiger partial charge in [-0.25, -0.2) is 0 Å². The number of carbonyl (C=O) groups excluding carboxylic acids is 2. The molecule has 1 saturated heterocycles. The van der Waals surface area contributed by atoms with Crippen molar-refractivity contribution in [3.63, 3.8) is 0 Å². The summed E-state index contributed by atoms with van der Waals surface area (Å²) < 4.78 is 0. The minimum Gasteiger partial charge on any atom is -0.374 e. The first-order valence-electron chi connectivity index (χ1n) is 8.27. The van der Waals surface area contributed by atoms with Crippen molar-refractivity contribution in [1.82, 2.24) is 4.90 Å². The SMILES string of the molecule is Cc1ccc2c(c1)[C@H]1C(=O)N(Cc3ccccc3)C(=O)[C@H]1CN2C. The van der Waals surface area contributed by atoms with Crippen LogP contribution in [0.5, 0.6) is 0 Å². The number of carbonyl (C=O) groups is 2. The van der Waals surface area contributed by atoms with Gasteiger partial charge < -0.3 is 4.90 Å². The number of benzene rings is 2. The smallest absolute Gasteiger partial charge is 0.237 e. The summed E-state index contributed by atoms with van der Waals surface area (Å²) in [6, 6.07) is 15.9. The van der Waals surface area contributed by atoms with E-state index < -0.39 is 0 Å². The lowest BCUT2D eigenvalue weighted by Gasteiger charge is -2.33. The Labute approximate surface area is 141 Å². The van der Waals surface area contributed by atoms with Gasteiger partial charge in [-0.1, -0.05) is 48.0 Å². The van der Waals surface area contributed by atoms with Crippen molar-refractivity contribution in [1.29, 1.82) is 0 Å². The van der Waals surface area contributed by atoms with Gasteiger partial charge in [0.15, 0.2) is 0 Å². The summed E-state index contributed by atoms with van der Waals surface area (Å²) in [4.78, 5) is 29.4. The third-order valence-corrected chi connectivity index (χ3v) is 5.10. The highest BCUT2D eigenvalue weighted by molar-refractivity contribution is 6.09. The maximum atomic E-state index is 13.0. The number of imide groups is 1. The standard InChI is InChI=1S/C20H20N2O2/c1-13-8-9-17-15(10-13)18-16(12-21(17)2)19(23)22(20(18)24)11-14-6-4-3-5-7-14/h3-10,16,18H,11-12H2,1-2H3/t16-,18+/m0/s1. The lowest BCUT2D eigenvalue weighted by atomic mass is 9.82. The fraction of sp³-hybridized carbons (Fsp3) is 0.300. The molecule has 2 aliphatic heterocycles. The molecule has 122 valence electrons. The molecule has 2 aromatic rings. The highest BCUT2D eigenvalue weighted by atomic mass is 16.2. The molecule has 0 N–H and O–H groups in total. The van der Waals surface area contributed by atoms with Crippen LogP contribution < -0.4 is 4.90 Å². The van der Waals surface area contributed by atoms with Crippen molar-refractivity contribution in [2.45, 2.75) is 19.4 Å². The van der Waals surface area contributed by atoms with Crippen LogP contribution in [0.4, 0.5) is 5.69 Å². The third-order valence-electron chi connectivity index (χ3n) is 5.10. The highest BCUT2D eigenvalue weighted by Gasteiger charge is 2.51. The van der Waals surface area contributed by atoms with Gasteiger partial charge in [0.05, 0.1) is 18.4 Å². The van der Waals surface area contributed by atoms with Gasteiger partial charge in [0, 0.05) is 19.3 Å². The third kappa shape index (κ3) is 2.21. The van der Waals surface area contributed by atoms with Gasteiger partial charge in [-0.3, -0.25) is 14.5 Å². The van der Waals surface area contributed by atoms with E-state index in [-0.39, 0.29) is 23.7 Å². The maximum Gasteiger partial charge on any atom is 0.237 e. The fourth-order valence-electron chi connectivity index (χ4n) is 3.91. The lowest BCUT2D eigenvalue weighted by molar-refractivity contribution is -0.140. The quantitative estimate of drug-likeness (QED) is 0.799. The summed E-state index contributed by atoms with van der Waals surface area (Å²) in [5, 5.41) is 0. The van der Waals surface area contributed by atoms with Crippen molar-refractivity contribution in [3.05, 3.63) is 65.2 Å². The summed E-state index contributed by atoms with van der Waals surface area (Å²) >= 11 is 0. The van der Waals surface area contributed by atoms with Crippen LogP contribution in [0, 0.1) is 12.8 Å². The van der Waals surface area contributed by atoms with E-state index in [4.69, 9.17) is 0 Å². The van der Waals surface area contributed by atoms with E-state index in [0.717, 1.165) is 22.4 Å². The minimum atomic E-state index is -0.340. The van der Waals surface area contributed by atoms with Gasteiger partial charge in [0.25, 0.3) is 0 Å². The number of hydrogen-bond donors (Lipinski definition) is 0. The number of nitrogens with zero attached hydrogens (tertiary/aromatic N) is 2. The summed E-state index contributed by atoms with van der Waals surface area (Å²) in [5.74, 6) is -0.727. The molecular formula is C20H20N2O2. The number of likely N-dealkylation sites (tertiary alicyclic amines) is 1. The number of anilines is 1. The molecule has 0 spiro atoms. The zero-order valence-corrected chi connectivity index (χ0v) is 13.9. The van der Waals surface area contributed by atoms with Gasteiger partial charge in [-0.05, 0) is 24.1 Å². The van der Waals surface area contributed by atoms with Crippen LogP contribution in [0.2, 0.25) is 0 Å². The Bertz CT molecular complexity index is 816. The Hall–Kier alpha value is -2.62. The molecule has 0 saturated carbocycles. The molecule has 4 nitrogen and oxygen atoms in total. The van der Waals surface area contributed by atoms with Gasteiger partial charge >= 0.3 is 0 Å². The van der Waals surface area contributed by atoms with Gasteiger partial charge in [-0.15, -0.1) is 0 Å². The normalized spacial score (nSPS) is 22.6. The topological polar surface area (TPSA) is 40.6 Å². The number of rotatable bonds is 2. The second-order valence-corrected chi connectivity index (χ2v) is 6.78. The fourth-order valence-corrected chi connectivity index (χ4v) is 3.91. The summed E-state index contributed by atoms with van der Waals surface area (Å²) in [5.41, 5.74) is 4.15. The van der Waals surface area contributed by atoms with Gasteiger partial charge in [-0.2, -0.15) is 0 Å². The van der Waals surface area contributed by atoms with Crippen LogP contribution in [0.1, 0.15) is 22.6 Å². The Balaban J connectivity index is 1.72. The van der Waals surface area contributed by atoms with Crippen LogP contribution in [0.25, 0.3) is 0 Å². The van der Waals surface area contributed by atoms with Crippen molar-refractivity contribution in [2.24, 2.45) is 5.92 Å². The Morgan fingerprint density at radius 2 is 1.79 bits per heavy atom. The molecule has 4 rings (SSSR count). The van der Waals surface area contributed by atoms with Gasteiger partial charge in [0.2, 0.25) is 11.8 Å². The average molecular weight is 320 g/mol.